The van der Waals surface area contributed by atoms with Gasteiger partial charge in [0, 0.05) is 18.9 Å². The highest BCUT2D eigenvalue weighted by Crippen LogP contribution is 2.25. The zero-order valence-corrected chi connectivity index (χ0v) is 11.8. The summed E-state index contributed by atoms with van der Waals surface area (Å²) in [5.41, 5.74) is 2.94. The molecule has 0 bridgehead atoms. The van der Waals surface area contributed by atoms with Crippen LogP contribution < -0.4 is 0 Å². The van der Waals surface area contributed by atoms with Crippen LogP contribution in [0.2, 0.25) is 0 Å². The first-order chi connectivity index (χ1) is 10.4. The summed E-state index contributed by atoms with van der Waals surface area (Å²) < 4.78 is 5.62. The summed E-state index contributed by atoms with van der Waals surface area (Å²) in [6.45, 7) is 0. The van der Waals surface area contributed by atoms with Crippen molar-refractivity contribution in [3.8, 4) is 11.4 Å². The second kappa shape index (κ2) is 6.29. The van der Waals surface area contributed by atoms with Gasteiger partial charge in [-0.1, -0.05) is 60.7 Å². The van der Waals surface area contributed by atoms with E-state index in [1.165, 1.54) is 0 Å². The number of rotatable bonds is 4. The van der Waals surface area contributed by atoms with Crippen LogP contribution in [0.4, 0.5) is 0 Å². The molecule has 3 heteroatoms. The smallest absolute Gasteiger partial charge is 0.159 e. The fourth-order valence-electron chi connectivity index (χ4n) is 2.30. The van der Waals surface area contributed by atoms with E-state index in [4.69, 9.17) is 4.74 Å². The molecule has 3 aromatic rings. The van der Waals surface area contributed by atoms with Gasteiger partial charge in [0.05, 0.1) is 5.69 Å². The third-order valence-corrected chi connectivity index (χ3v) is 3.32. The molecule has 104 valence electrons. The first-order valence-corrected chi connectivity index (χ1v) is 6.84. The molecule has 1 unspecified atom stereocenters. The van der Waals surface area contributed by atoms with Gasteiger partial charge in [-0.05, 0) is 11.6 Å². The van der Waals surface area contributed by atoms with E-state index in [1.54, 1.807) is 13.3 Å². The van der Waals surface area contributed by atoms with Crippen LogP contribution >= 0.6 is 0 Å². The topological polar surface area (TPSA) is 35.0 Å². The van der Waals surface area contributed by atoms with Crippen molar-refractivity contribution >= 4 is 0 Å². The van der Waals surface area contributed by atoms with E-state index in [0.717, 1.165) is 16.8 Å². The third kappa shape index (κ3) is 2.98. The maximum atomic E-state index is 5.62. The minimum absolute atomic E-state index is 0.184. The fourth-order valence-corrected chi connectivity index (χ4v) is 2.30. The Morgan fingerprint density at radius 2 is 1.52 bits per heavy atom. The minimum Gasteiger partial charge on any atom is -0.370 e. The Kier molecular flexibility index (Phi) is 4.03. The SMILES string of the molecule is COC(c1ccccc1)c1ccnc(-c2ccccc2)n1. The summed E-state index contributed by atoms with van der Waals surface area (Å²) in [6, 6.07) is 21.9. The van der Waals surface area contributed by atoms with Crippen LogP contribution in [-0.4, -0.2) is 17.1 Å². The van der Waals surface area contributed by atoms with Crippen LogP contribution in [0.5, 0.6) is 0 Å². The van der Waals surface area contributed by atoms with Crippen molar-refractivity contribution in [3.63, 3.8) is 0 Å². The number of hydrogen-bond acceptors (Lipinski definition) is 3. The molecule has 21 heavy (non-hydrogen) atoms. The maximum Gasteiger partial charge on any atom is 0.159 e. The maximum absolute atomic E-state index is 5.62. The molecule has 0 N–H and O–H groups in total. The molecule has 1 atom stereocenters. The lowest BCUT2D eigenvalue weighted by Crippen LogP contribution is -2.07. The van der Waals surface area contributed by atoms with E-state index < -0.39 is 0 Å². The molecule has 0 radical (unpaired) electrons. The Hall–Kier alpha value is -2.52. The van der Waals surface area contributed by atoms with Crippen molar-refractivity contribution in [2.24, 2.45) is 0 Å². The van der Waals surface area contributed by atoms with E-state index in [-0.39, 0.29) is 6.10 Å². The number of benzene rings is 2. The third-order valence-electron chi connectivity index (χ3n) is 3.32. The van der Waals surface area contributed by atoms with Gasteiger partial charge < -0.3 is 4.74 Å². The van der Waals surface area contributed by atoms with E-state index in [1.807, 2.05) is 66.7 Å². The molecule has 0 aliphatic carbocycles. The first kappa shape index (κ1) is 13.5. The predicted molar refractivity (Wildman–Crippen MR) is 82.8 cm³/mol. The number of ether oxygens (including phenoxy) is 1. The largest absolute Gasteiger partial charge is 0.370 e. The van der Waals surface area contributed by atoms with Crippen LogP contribution in [-0.2, 0) is 4.74 Å². The molecule has 0 aliphatic rings. The Bertz CT molecular complexity index is 699. The Morgan fingerprint density at radius 1 is 0.857 bits per heavy atom. The Balaban J connectivity index is 1.99. The summed E-state index contributed by atoms with van der Waals surface area (Å²) in [6.07, 6.45) is 1.59. The summed E-state index contributed by atoms with van der Waals surface area (Å²) in [7, 11) is 1.70. The molecule has 0 fully saturated rings. The number of methoxy groups -OCH3 is 1. The molecule has 3 nitrogen and oxygen atoms in total. The van der Waals surface area contributed by atoms with Gasteiger partial charge in [0.1, 0.15) is 6.10 Å². The molecular formula is C18H16N2O. The monoisotopic (exact) mass is 276 g/mol. The first-order valence-electron chi connectivity index (χ1n) is 6.84. The van der Waals surface area contributed by atoms with Gasteiger partial charge in [-0.15, -0.1) is 0 Å². The van der Waals surface area contributed by atoms with Gasteiger partial charge in [-0.2, -0.15) is 0 Å². The van der Waals surface area contributed by atoms with E-state index >= 15 is 0 Å². The highest BCUT2D eigenvalue weighted by atomic mass is 16.5. The molecule has 3 rings (SSSR count). The summed E-state index contributed by atoms with van der Waals surface area (Å²) in [4.78, 5) is 9.01. The average molecular weight is 276 g/mol. The van der Waals surface area contributed by atoms with Crippen molar-refractivity contribution < 1.29 is 4.74 Å². The lowest BCUT2D eigenvalue weighted by Gasteiger charge is -2.15. The summed E-state index contributed by atoms with van der Waals surface area (Å²) >= 11 is 0. The molecular weight excluding hydrogens is 260 g/mol. The zero-order chi connectivity index (χ0) is 14.5. The quantitative estimate of drug-likeness (QED) is 0.725. The molecule has 1 heterocycles. The van der Waals surface area contributed by atoms with Crippen molar-refractivity contribution in [3.05, 3.63) is 84.2 Å². The van der Waals surface area contributed by atoms with E-state index in [9.17, 15) is 0 Å². The average Bonchev–Trinajstić information content (AvgIpc) is 2.58. The fraction of sp³-hybridized carbons (Fsp3) is 0.111. The highest BCUT2D eigenvalue weighted by molar-refractivity contribution is 5.54. The van der Waals surface area contributed by atoms with Crippen molar-refractivity contribution in [2.75, 3.05) is 7.11 Å². The second-order valence-corrected chi connectivity index (χ2v) is 4.70. The van der Waals surface area contributed by atoms with Gasteiger partial charge in [-0.25, -0.2) is 9.97 Å². The van der Waals surface area contributed by atoms with Gasteiger partial charge in [0.2, 0.25) is 0 Å². The van der Waals surface area contributed by atoms with Gasteiger partial charge in [0.15, 0.2) is 5.82 Å². The van der Waals surface area contributed by atoms with Crippen LogP contribution in [0.3, 0.4) is 0 Å². The van der Waals surface area contributed by atoms with Crippen LogP contribution in [0, 0.1) is 0 Å². The second-order valence-electron chi connectivity index (χ2n) is 4.70. The molecule has 0 amide bonds. The Labute approximate surface area is 124 Å². The number of aromatic nitrogens is 2. The summed E-state index contributed by atoms with van der Waals surface area (Å²) in [5, 5.41) is 0. The van der Waals surface area contributed by atoms with Crippen molar-refractivity contribution in [2.45, 2.75) is 6.10 Å². The molecule has 1 aromatic heterocycles. The Morgan fingerprint density at radius 3 is 2.19 bits per heavy atom. The van der Waals surface area contributed by atoms with Gasteiger partial charge >= 0.3 is 0 Å². The highest BCUT2D eigenvalue weighted by Gasteiger charge is 2.15. The lowest BCUT2D eigenvalue weighted by atomic mass is 10.1. The van der Waals surface area contributed by atoms with Crippen LogP contribution in [0.25, 0.3) is 11.4 Å². The lowest BCUT2D eigenvalue weighted by molar-refractivity contribution is 0.133. The van der Waals surface area contributed by atoms with E-state index in [0.29, 0.717) is 5.82 Å². The van der Waals surface area contributed by atoms with Crippen LogP contribution in [0.15, 0.2) is 72.9 Å². The molecule has 0 spiro atoms. The van der Waals surface area contributed by atoms with Crippen molar-refractivity contribution in [1.29, 1.82) is 0 Å². The molecule has 0 saturated heterocycles. The van der Waals surface area contributed by atoms with Gasteiger partial charge in [0.25, 0.3) is 0 Å². The number of hydrogen-bond donors (Lipinski definition) is 0. The molecule has 0 aliphatic heterocycles. The molecule has 2 aromatic carbocycles. The predicted octanol–water partition coefficient (Wildman–Crippen LogP) is 3.88. The normalized spacial score (nSPS) is 12.0. The zero-order valence-electron chi connectivity index (χ0n) is 11.8. The molecule has 0 saturated carbocycles. The van der Waals surface area contributed by atoms with Crippen LogP contribution in [0.1, 0.15) is 17.4 Å². The standard InChI is InChI=1S/C18H16N2O/c1-21-17(14-8-4-2-5-9-14)16-12-13-19-18(20-16)15-10-6-3-7-11-15/h2-13,17H,1H3. The minimum atomic E-state index is -0.184. The van der Waals surface area contributed by atoms with E-state index in [2.05, 4.69) is 9.97 Å². The summed E-state index contributed by atoms with van der Waals surface area (Å²) in [5.74, 6) is 0.714. The van der Waals surface area contributed by atoms with Gasteiger partial charge in [-0.3, -0.25) is 0 Å². The number of nitrogens with zero attached hydrogens (tertiary/aromatic N) is 2. The van der Waals surface area contributed by atoms with Crippen molar-refractivity contribution in [1.82, 2.24) is 9.97 Å².